The molecule has 3 aromatic rings. The first-order valence-electron chi connectivity index (χ1n) is 8.16. The molecule has 4 heteroatoms. The van der Waals surface area contributed by atoms with Gasteiger partial charge in [0.25, 0.3) is 0 Å². The van der Waals surface area contributed by atoms with Gasteiger partial charge in [0, 0.05) is 28.2 Å². The zero-order valence-electron chi connectivity index (χ0n) is 14.2. The molecule has 0 bridgehead atoms. The summed E-state index contributed by atoms with van der Waals surface area (Å²) in [5.41, 5.74) is 3.66. The van der Waals surface area contributed by atoms with Crippen molar-refractivity contribution in [2.24, 2.45) is 0 Å². The molecule has 2 N–H and O–H groups in total. The predicted molar refractivity (Wildman–Crippen MR) is 99.1 cm³/mol. The molecule has 0 atom stereocenters. The Labute approximate surface area is 151 Å². The number of aromatic hydroxyl groups is 2. The predicted octanol–water partition coefficient (Wildman–Crippen LogP) is 4.21. The Morgan fingerprint density at radius 3 is 1.77 bits per heavy atom. The first-order valence-corrected chi connectivity index (χ1v) is 8.16. The van der Waals surface area contributed by atoms with Crippen molar-refractivity contribution in [3.8, 4) is 11.5 Å². The number of carbonyl (C=O) groups excluding carboxylic acids is 2. The minimum Gasteiger partial charge on any atom is -0.508 e. The van der Waals surface area contributed by atoms with Gasteiger partial charge in [-0.2, -0.15) is 0 Å². The van der Waals surface area contributed by atoms with Crippen LogP contribution >= 0.6 is 0 Å². The Balaban J connectivity index is 2.31. The molecule has 0 saturated heterocycles. The molecule has 0 aliphatic carbocycles. The van der Waals surface area contributed by atoms with E-state index in [0.29, 0.717) is 34.8 Å². The standard InChI is InChI=1S/C22H18O4/c1-14-3-2-4-17(9-14)22(18-10-15(12-23)5-7-20(18)25)19-11-16(13-24)6-8-21(19)26/h2-13,22,25-26H,1H3. The molecule has 0 amide bonds. The summed E-state index contributed by atoms with van der Waals surface area (Å²) in [7, 11) is 0. The van der Waals surface area contributed by atoms with Crippen molar-refractivity contribution in [2.45, 2.75) is 12.8 Å². The number of aldehydes is 2. The summed E-state index contributed by atoms with van der Waals surface area (Å²) in [6.07, 6.45) is 1.41. The van der Waals surface area contributed by atoms with Crippen molar-refractivity contribution in [1.29, 1.82) is 0 Å². The third kappa shape index (κ3) is 3.35. The summed E-state index contributed by atoms with van der Waals surface area (Å²) in [5.74, 6) is -0.509. The van der Waals surface area contributed by atoms with E-state index in [9.17, 15) is 19.8 Å². The molecule has 4 nitrogen and oxygen atoms in total. The largest absolute Gasteiger partial charge is 0.508 e. The Hall–Kier alpha value is -3.40. The number of rotatable bonds is 5. The summed E-state index contributed by atoms with van der Waals surface area (Å²) in [5, 5.41) is 20.9. The second kappa shape index (κ2) is 7.23. The molecule has 0 saturated carbocycles. The molecule has 0 heterocycles. The van der Waals surface area contributed by atoms with E-state index in [4.69, 9.17) is 0 Å². The van der Waals surface area contributed by atoms with Crippen LogP contribution in [0.3, 0.4) is 0 Å². The molecule has 0 spiro atoms. The van der Waals surface area contributed by atoms with Gasteiger partial charge in [0.1, 0.15) is 24.1 Å². The fourth-order valence-corrected chi connectivity index (χ4v) is 3.13. The Bertz CT molecular complexity index is 918. The lowest BCUT2D eigenvalue weighted by Gasteiger charge is -2.22. The highest BCUT2D eigenvalue weighted by atomic mass is 16.3. The smallest absolute Gasteiger partial charge is 0.150 e. The van der Waals surface area contributed by atoms with Crippen LogP contribution in [0.4, 0.5) is 0 Å². The molecule has 0 unspecified atom stereocenters. The summed E-state index contributed by atoms with van der Waals surface area (Å²) in [6, 6.07) is 16.8. The lowest BCUT2D eigenvalue weighted by atomic mass is 9.82. The monoisotopic (exact) mass is 346 g/mol. The van der Waals surface area contributed by atoms with Gasteiger partial charge < -0.3 is 10.2 Å². The SMILES string of the molecule is Cc1cccc(C(c2cc(C=O)ccc2O)c2cc(C=O)ccc2O)c1. The fraction of sp³-hybridized carbons (Fsp3) is 0.0909. The van der Waals surface area contributed by atoms with Crippen molar-refractivity contribution < 1.29 is 19.8 Å². The minimum atomic E-state index is -0.533. The maximum Gasteiger partial charge on any atom is 0.150 e. The molecule has 0 aromatic heterocycles. The fourth-order valence-electron chi connectivity index (χ4n) is 3.13. The Kier molecular flexibility index (Phi) is 4.85. The zero-order chi connectivity index (χ0) is 18.7. The molecule has 0 fully saturated rings. The van der Waals surface area contributed by atoms with Gasteiger partial charge in [-0.1, -0.05) is 29.8 Å². The van der Waals surface area contributed by atoms with Gasteiger partial charge in [0.15, 0.2) is 0 Å². The molecule has 0 radical (unpaired) electrons. The van der Waals surface area contributed by atoms with Crippen LogP contribution in [0, 0.1) is 6.92 Å². The zero-order valence-corrected chi connectivity index (χ0v) is 14.2. The third-order valence-corrected chi connectivity index (χ3v) is 4.37. The van der Waals surface area contributed by atoms with E-state index in [2.05, 4.69) is 0 Å². The van der Waals surface area contributed by atoms with E-state index in [1.54, 1.807) is 12.1 Å². The van der Waals surface area contributed by atoms with Gasteiger partial charge in [0.2, 0.25) is 0 Å². The quantitative estimate of drug-likeness (QED) is 0.536. The molecular formula is C22H18O4. The lowest BCUT2D eigenvalue weighted by Crippen LogP contribution is -2.06. The third-order valence-electron chi connectivity index (χ3n) is 4.37. The van der Waals surface area contributed by atoms with Crippen LogP contribution in [-0.2, 0) is 0 Å². The lowest BCUT2D eigenvalue weighted by molar-refractivity contribution is 0.111. The van der Waals surface area contributed by atoms with Crippen LogP contribution in [-0.4, -0.2) is 22.8 Å². The molecule has 0 aliphatic rings. The van der Waals surface area contributed by atoms with Crippen LogP contribution < -0.4 is 0 Å². The highest BCUT2D eigenvalue weighted by molar-refractivity contribution is 5.77. The molecular weight excluding hydrogens is 328 g/mol. The number of benzene rings is 3. The maximum atomic E-state index is 11.2. The van der Waals surface area contributed by atoms with E-state index in [-0.39, 0.29) is 11.5 Å². The Morgan fingerprint density at radius 1 is 0.769 bits per heavy atom. The van der Waals surface area contributed by atoms with Gasteiger partial charge >= 0.3 is 0 Å². The van der Waals surface area contributed by atoms with Crippen molar-refractivity contribution in [3.05, 3.63) is 94.0 Å². The van der Waals surface area contributed by atoms with Crippen LogP contribution in [0.25, 0.3) is 0 Å². The van der Waals surface area contributed by atoms with Crippen LogP contribution in [0.1, 0.15) is 48.9 Å². The normalized spacial score (nSPS) is 10.7. The number of aryl methyl sites for hydroxylation is 1. The van der Waals surface area contributed by atoms with E-state index in [0.717, 1.165) is 11.1 Å². The van der Waals surface area contributed by atoms with Gasteiger partial charge in [-0.15, -0.1) is 0 Å². The summed E-state index contributed by atoms with van der Waals surface area (Å²) in [6.45, 7) is 1.95. The number of carbonyl (C=O) groups is 2. The molecule has 3 rings (SSSR count). The van der Waals surface area contributed by atoms with E-state index < -0.39 is 5.92 Å². The number of hydrogen-bond acceptors (Lipinski definition) is 4. The van der Waals surface area contributed by atoms with Gasteiger partial charge in [-0.25, -0.2) is 0 Å². The van der Waals surface area contributed by atoms with Crippen molar-refractivity contribution in [1.82, 2.24) is 0 Å². The average molecular weight is 346 g/mol. The van der Waals surface area contributed by atoms with Gasteiger partial charge in [0.05, 0.1) is 0 Å². The van der Waals surface area contributed by atoms with E-state index in [1.165, 1.54) is 24.3 Å². The summed E-state index contributed by atoms with van der Waals surface area (Å²) < 4.78 is 0. The molecule has 3 aromatic carbocycles. The number of hydrogen-bond donors (Lipinski definition) is 2. The first kappa shape index (κ1) is 17.4. The topological polar surface area (TPSA) is 74.6 Å². The molecule has 0 aliphatic heterocycles. The second-order valence-corrected chi connectivity index (χ2v) is 6.22. The van der Waals surface area contributed by atoms with Crippen molar-refractivity contribution in [3.63, 3.8) is 0 Å². The minimum absolute atomic E-state index is 0.0120. The summed E-state index contributed by atoms with van der Waals surface area (Å²) in [4.78, 5) is 22.4. The molecule has 130 valence electrons. The number of phenols is 2. The van der Waals surface area contributed by atoms with Gasteiger partial charge in [-0.3, -0.25) is 9.59 Å². The highest BCUT2D eigenvalue weighted by Crippen LogP contribution is 2.41. The van der Waals surface area contributed by atoms with Crippen LogP contribution in [0.2, 0.25) is 0 Å². The molecule has 26 heavy (non-hydrogen) atoms. The first-order chi connectivity index (χ1) is 12.5. The highest BCUT2D eigenvalue weighted by Gasteiger charge is 2.23. The average Bonchev–Trinajstić information content (AvgIpc) is 2.65. The Morgan fingerprint density at radius 2 is 1.31 bits per heavy atom. The van der Waals surface area contributed by atoms with E-state index in [1.807, 2.05) is 31.2 Å². The van der Waals surface area contributed by atoms with Crippen LogP contribution in [0.15, 0.2) is 60.7 Å². The number of phenolic OH excluding ortho intramolecular Hbond substituents is 2. The second-order valence-electron chi connectivity index (χ2n) is 6.22. The summed E-state index contributed by atoms with van der Waals surface area (Å²) >= 11 is 0. The van der Waals surface area contributed by atoms with Crippen molar-refractivity contribution >= 4 is 12.6 Å². The van der Waals surface area contributed by atoms with Crippen LogP contribution in [0.5, 0.6) is 11.5 Å². The maximum absolute atomic E-state index is 11.2. The van der Waals surface area contributed by atoms with E-state index >= 15 is 0 Å². The van der Waals surface area contributed by atoms with Crippen molar-refractivity contribution in [2.75, 3.05) is 0 Å². The van der Waals surface area contributed by atoms with Gasteiger partial charge in [-0.05, 0) is 48.9 Å².